The van der Waals surface area contributed by atoms with Gasteiger partial charge in [-0.05, 0) is 24.7 Å². The van der Waals surface area contributed by atoms with Crippen LogP contribution < -0.4 is 0 Å². The first-order valence-electron chi connectivity index (χ1n) is 7.75. The van der Waals surface area contributed by atoms with Crippen molar-refractivity contribution in [3.8, 4) is 0 Å². The summed E-state index contributed by atoms with van der Waals surface area (Å²) in [6, 6.07) is 0. The Labute approximate surface area is 123 Å². The van der Waals surface area contributed by atoms with Gasteiger partial charge in [0.25, 0.3) is 0 Å². The lowest BCUT2D eigenvalue weighted by Crippen LogP contribution is -2.50. The molecule has 1 unspecified atom stereocenters. The third-order valence-electron chi connectivity index (χ3n) is 4.22. The Morgan fingerprint density at radius 1 is 1.20 bits per heavy atom. The number of nitrogens with zero attached hydrogens (tertiary/aromatic N) is 2. The molecule has 0 bridgehead atoms. The van der Waals surface area contributed by atoms with E-state index in [-0.39, 0.29) is 0 Å². The van der Waals surface area contributed by atoms with Gasteiger partial charge in [0.1, 0.15) is 0 Å². The maximum atomic E-state index is 12.2. The molecule has 0 aromatic carbocycles. The zero-order chi connectivity index (χ0) is 14.6. The van der Waals surface area contributed by atoms with Crippen LogP contribution in [0, 0.1) is 11.8 Å². The van der Waals surface area contributed by atoms with Crippen LogP contribution in [-0.4, -0.2) is 69.3 Å². The van der Waals surface area contributed by atoms with Gasteiger partial charge in [-0.1, -0.05) is 13.8 Å². The van der Waals surface area contributed by atoms with Crippen molar-refractivity contribution in [3.05, 3.63) is 0 Å². The summed E-state index contributed by atoms with van der Waals surface area (Å²) in [5, 5.41) is 0. The van der Waals surface area contributed by atoms with Gasteiger partial charge >= 0.3 is 0 Å². The average Bonchev–Trinajstić information content (AvgIpc) is 2.90. The van der Waals surface area contributed by atoms with Gasteiger partial charge in [-0.15, -0.1) is 0 Å². The predicted molar refractivity (Wildman–Crippen MR) is 80.2 cm³/mol. The van der Waals surface area contributed by atoms with Crippen molar-refractivity contribution in [1.82, 2.24) is 9.21 Å². The smallest absolute Gasteiger partial charge is 0.214 e. The van der Waals surface area contributed by atoms with Crippen LogP contribution >= 0.6 is 0 Å². The monoisotopic (exact) mass is 304 g/mol. The second-order valence-electron chi connectivity index (χ2n) is 6.43. The summed E-state index contributed by atoms with van der Waals surface area (Å²) in [7, 11) is -3.05. The van der Waals surface area contributed by atoms with Crippen molar-refractivity contribution in [1.29, 1.82) is 0 Å². The van der Waals surface area contributed by atoms with Gasteiger partial charge in [-0.2, -0.15) is 4.31 Å². The minimum absolute atomic E-state index is 0.293. The molecule has 6 heteroatoms. The van der Waals surface area contributed by atoms with E-state index in [1.807, 2.05) is 0 Å². The molecule has 0 aliphatic carbocycles. The summed E-state index contributed by atoms with van der Waals surface area (Å²) in [6.45, 7) is 9.95. The number of hydrogen-bond donors (Lipinski definition) is 0. The standard InChI is InChI=1S/C14H28N2O3S/c1-13(2)4-10-20(17,18)16-7-5-15(6-8-16)11-14-3-9-19-12-14/h13-14H,3-12H2,1-2H3. The summed E-state index contributed by atoms with van der Waals surface area (Å²) < 4.78 is 31.5. The molecule has 2 aliphatic rings. The van der Waals surface area contributed by atoms with Gasteiger partial charge in [-0.25, -0.2) is 8.42 Å². The zero-order valence-corrected chi connectivity index (χ0v) is 13.6. The minimum atomic E-state index is -3.05. The van der Waals surface area contributed by atoms with Crippen LogP contribution in [0.5, 0.6) is 0 Å². The second-order valence-corrected chi connectivity index (χ2v) is 8.52. The topological polar surface area (TPSA) is 49.9 Å². The molecule has 2 heterocycles. The molecular formula is C14H28N2O3S. The van der Waals surface area contributed by atoms with Crippen LogP contribution in [-0.2, 0) is 14.8 Å². The van der Waals surface area contributed by atoms with Crippen molar-refractivity contribution in [2.75, 3.05) is 51.7 Å². The fourth-order valence-corrected chi connectivity index (χ4v) is 4.54. The molecule has 0 saturated carbocycles. The van der Waals surface area contributed by atoms with E-state index in [4.69, 9.17) is 4.74 Å². The SMILES string of the molecule is CC(C)CCS(=O)(=O)N1CCN(CC2CCOC2)CC1. The van der Waals surface area contributed by atoms with Crippen LogP contribution in [0.4, 0.5) is 0 Å². The van der Waals surface area contributed by atoms with E-state index in [9.17, 15) is 8.42 Å². The fraction of sp³-hybridized carbons (Fsp3) is 1.00. The van der Waals surface area contributed by atoms with Gasteiger partial charge < -0.3 is 9.64 Å². The van der Waals surface area contributed by atoms with Crippen molar-refractivity contribution >= 4 is 10.0 Å². The van der Waals surface area contributed by atoms with Crippen molar-refractivity contribution in [3.63, 3.8) is 0 Å². The fourth-order valence-electron chi connectivity index (χ4n) is 2.80. The normalized spacial score (nSPS) is 26.4. The van der Waals surface area contributed by atoms with Crippen LogP contribution in [0.25, 0.3) is 0 Å². The molecule has 0 amide bonds. The Balaban J connectivity index is 1.75. The largest absolute Gasteiger partial charge is 0.381 e. The van der Waals surface area contributed by atoms with Crippen molar-refractivity contribution in [2.24, 2.45) is 11.8 Å². The van der Waals surface area contributed by atoms with Gasteiger partial charge in [0, 0.05) is 39.3 Å². The van der Waals surface area contributed by atoms with Gasteiger partial charge in [-0.3, -0.25) is 0 Å². The van der Waals surface area contributed by atoms with Crippen molar-refractivity contribution in [2.45, 2.75) is 26.7 Å². The summed E-state index contributed by atoms with van der Waals surface area (Å²) in [6.07, 6.45) is 1.90. The summed E-state index contributed by atoms with van der Waals surface area (Å²) in [5.74, 6) is 1.37. The van der Waals surface area contributed by atoms with Crippen LogP contribution in [0.3, 0.4) is 0 Å². The highest BCUT2D eigenvalue weighted by atomic mass is 32.2. The molecule has 2 saturated heterocycles. The number of hydrogen-bond acceptors (Lipinski definition) is 4. The van der Waals surface area contributed by atoms with E-state index in [0.29, 0.717) is 30.7 Å². The van der Waals surface area contributed by atoms with Crippen molar-refractivity contribution < 1.29 is 13.2 Å². The number of rotatable bonds is 6. The van der Waals surface area contributed by atoms with Gasteiger partial charge in [0.15, 0.2) is 0 Å². The molecule has 0 aromatic rings. The third-order valence-corrected chi connectivity index (χ3v) is 6.12. The first-order chi connectivity index (χ1) is 9.47. The number of piperazine rings is 1. The lowest BCUT2D eigenvalue weighted by molar-refractivity contribution is 0.143. The molecule has 0 aromatic heterocycles. The molecule has 2 fully saturated rings. The molecule has 20 heavy (non-hydrogen) atoms. The van der Waals surface area contributed by atoms with Gasteiger partial charge in [0.2, 0.25) is 10.0 Å². The average molecular weight is 304 g/mol. The molecule has 2 aliphatic heterocycles. The molecular weight excluding hydrogens is 276 g/mol. The molecule has 118 valence electrons. The van der Waals surface area contributed by atoms with Crippen LogP contribution in [0.1, 0.15) is 26.7 Å². The number of sulfonamides is 1. The Morgan fingerprint density at radius 3 is 2.45 bits per heavy atom. The molecule has 0 spiro atoms. The summed E-state index contributed by atoms with van der Waals surface area (Å²) in [5.41, 5.74) is 0. The third kappa shape index (κ3) is 4.69. The maximum Gasteiger partial charge on any atom is 0.214 e. The molecule has 2 rings (SSSR count). The Morgan fingerprint density at radius 2 is 1.90 bits per heavy atom. The zero-order valence-electron chi connectivity index (χ0n) is 12.8. The lowest BCUT2D eigenvalue weighted by Gasteiger charge is -2.35. The molecule has 0 N–H and O–H groups in total. The molecule has 0 radical (unpaired) electrons. The summed E-state index contributed by atoms with van der Waals surface area (Å²) in [4.78, 5) is 2.38. The Kier molecular flexibility index (Phi) is 5.84. The first kappa shape index (κ1) is 16.2. The van der Waals surface area contributed by atoms with Gasteiger partial charge in [0.05, 0.1) is 12.4 Å². The minimum Gasteiger partial charge on any atom is -0.381 e. The molecule has 1 atom stereocenters. The second kappa shape index (κ2) is 7.20. The first-order valence-corrected chi connectivity index (χ1v) is 9.36. The van der Waals surface area contributed by atoms with Crippen LogP contribution in [0.2, 0.25) is 0 Å². The Bertz CT molecular complexity index is 383. The highest BCUT2D eigenvalue weighted by Gasteiger charge is 2.28. The van der Waals surface area contributed by atoms with E-state index < -0.39 is 10.0 Å². The molecule has 5 nitrogen and oxygen atoms in total. The predicted octanol–water partition coefficient (Wildman–Crippen LogP) is 1.02. The van der Waals surface area contributed by atoms with E-state index >= 15 is 0 Å². The van der Waals surface area contributed by atoms with Crippen LogP contribution in [0.15, 0.2) is 0 Å². The highest BCUT2D eigenvalue weighted by Crippen LogP contribution is 2.16. The van der Waals surface area contributed by atoms with E-state index in [0.717, 1.165) is 45.7 Å². The quantitative estimate of drug-likeness (QED) is 0.735. The number of ether oxygens (including phenoxy) is 1. The lowest BCUT2D eigenvalue weighted by atomic mass is 10.1. The maximum absolute atomic E-state index is 12.2. The highest BCUT2D eigenvalue weighted by molar-refractivity contribution is 7.89. The Hall–Kier alpha value is -0.170. The summed E-state index contributed by atoms with van der Waals surface area (Å²) >= 11 is 0. The van der Waals surface area contributed by atoms with E-state index in [1.165, 1.54) is 0 Å². The van der Waals surface area contributed by atoms with E-state index in [2.05, 4.69) is 18.7 Å². The van der Waals surface area contributed by atoms with E-state index in [1.54, 1.807) is 4.31 Å².